The maximum Gasteiger partial charge on any atom is 0.409 e. The summed E-state index contributed by atoms with van der Waals surface area (Å²) in [6.45, 7) is 11.9. The Morgan fingerprint density at radius 3 is 2.26 bits per heavy atom. The molecule has 0 bridgehead atoms. The number of amides is 1. The van der Waals surface area contributed by atoms with Crippen molar-refractivity contribution < 1.29 is 9.53 Å². The second kappa shape index (κ2) is 7.90. The van der Waals surface area contributed by atoms with Crippen LogP contribution in [0.5, 0.6) is 0 Å². The number of nitrogens with one attached hydrogen (secondary N) is 1. The van der Waals surface area contributed by atoms with Gasteiger partial charge < -0.3 is 4.74 Å². The zero-order valence-electron chi connectivity index (χ0n) is 14.8. The van der Waals surface area contributed by atoms with Crippen LogP contribution in [0.15, 0.2) is 30.3 Å². The van der Waals surface area contributed by atoms with E-state index in [1.807, 2.05) is 51.1 Å². The molecule has 3 nitrogen and oxygen atoms in total. The fourth-order valence-corrected chi connectivity index (χ4v) is 2.08. The van der Waals surface area contributed by atoms with Crippen LogP contribution in [-0.4, -0.2) is 25.8 Å². The first kappa shape index (κ1) is 18.9. The summed E-state index contributed by atoms with van der Waals surface area (Å²) in [4.78, 5) is 11.9. The topological polar surface area (TPSA) is 38.3 Å². The van der Waals surface area contributed by atoms with E-state index in [9.17, 15) is 4.79 Å². The van der Waals surface area contributed by atoms with E-state index >= 15 is 0 Å². The van der Waals surface area contributed by atoms with E-state index in [4.69, 9.17) is 4.74 Å². The van der Waals surface area contributed by atoms with Gasteiger partial charge in [0, 0.05) is 5.56 Å². The molecule has 0 saturated heterocycles. The predicted molar refractivity (Wildman–Crippen MR) is 97.6 cm³/mol. The van der Waals surface area contributed by atoms with Crippen molar-refractivity contribution in [3.63, 3.8) is 0 Å². The van der Waals surface area contributed by atoms with Gasteiger partial charge in [0.15, 0.2) is 6.04 Å². The number of hydrogen-bond acceptors (Lipinski definition) is 2. The van der Waals surface area contributed by atoms with Crippen molar-refractivity contribution >= 4 is 14.2 Å². The first-order valence-electron chi connectivity index (χ1n) is 7.64. The molecule has 4 heteroatoms. The minimum atomic E-state index is -1.55. The molecule has 23 heavy (non-hydrogen) atoms. The lowest BCUT2D eigenvalue weighted by Crippen LogP contribution is -2.38. The zero-order valence-corrected chi connectivity index (χ0v) is 15.8. The highest BCUT2D eigenvalue weighted by Gasteiger charge is 2.18. The molecule has 0 aliphatic rings. The normalized spacial score (nSPS) is 12.1. The van der Waals surface area contributed by atoms with Crippen LogP contribution >= 0.6 is 0 Å². The van der Waals surface area contributed by atoms with Crippen LogP contribution in [0.3, 0.4) is 0 Å². The molecule has 1 unspecified atom stereocenters. The number of hydrogen-bond donors (Lipinski definition) is 1. The van der Waals surface area contributed by atoms with Crippen LogP contribution in [-0.2, 0) is 4.74 Å². The van der Waals surface area contributed by atoms with Gasteiger partial charge in [-0.25, -0.2) is 4.79 Å². The van der Waals surface area contributed by atoms with Crippen LogP contribution in [0.2, 0.25) is 19.6 Å². The summed E-state index contributed by atoms with van der Waals surface area (Å²) in [5, 5.41) is 2.73. The Bertz CT molecular complexity index is 646. The van der Waals surface area contributed by atoms with Gasteiger partial charge in [-0.05, 0) is 32.9 Å². The average Bonchev–Trinajstić information content (AvgIpc) is 2.40. The Kier molecular flexibility index (Phi) is 6.48. The van der Waals surface area contributed by atoms with Crippen molar-refractivity contribution in [3.8, 4) is 23.3 Å². The van der Waals surface area contributed by atoms with E-state index < -0.39 is 25.8 Å². The fourth-order valence-electron chi connectivity index (χ4n) is 1.50. The third-order valence-corrected chi connectivity index (χ3v) is 3.28. The van der Waals surface area contributed by atoms with E-state index in [1.165, 1.54) is 0 Å². The van der Waals surface area contributed by atoms with Crippen molar-refractivity contribution in [1.29, 1.82) is 0 Å². The highest BCUT2D eigenvalue weighted by molar-refractivity contribution is 6.83. The minimum absolute atomic E-state index is 0.505. The van der Waals surface area contributed by atoms with E-state index in [1.54, 1.807) is 0 Å². The van der Waals surface area contributed by atoms with Gasteiger partial charge >= 0.3 is 6.09 Å². The molecule has 0 aromatic heterocycles. The summed E-state index contributed by atoms with van der Waals surface area (Å²) in [6.07, 6.45) is -0.505. The molecule has 0 aliphatic heterocycles. The number of benzene rings is 1. The molecule has 1 aromatic rings. The lowest BCUT2D eigenvalue weighted by Gasteiger charge is -2.20. The van der Waals surface area contributed by atoms with E-state index in [-0.39, 0.29) is 0 Å². The molecule has 0 spiro atoms. The molecule has 1 rings (SSSR count). The standard InChI is InChI=1S/C19H25NO2Si/c1-19(2,3)22-18(21)20-17(14-15-23(4,5)6)13-12-16-10-8-7-9-11-16/h7-11,17H,1-6H3,(H,20,21). The molecular formula is C19H25NO2Si. The van der Waals surface area contributed by atoms with Crippen LogP contribution in [0.4, 0.5) is 4.79 Å². The molecule has 1 amide bonds. The molecule has 0 saturated carbocycles. The van der Waals surface area contributed by atoms with Gasteiger partial charge in [0.25, 0.3) is 0 Å². The van der Waals surface area contributed by atoms with E-state index in [2.05, 4.69) is 48.3 Å². The maximum absolute atomic E-state index is 11.9. The quantitative estimate of drug-likeness (QED) is 0.629. The molecule has 1 atom stereocenters. The molecule has 0 fully saturated rings. The molecule has 1 aromatic carbocycles. The maximum atomic E-state index is 11.9. The smallest absolute Gasteiger partial charge is 0.409 e. The van der Waals surface area contributed by atoms with Crippen molar-refractivity contribution in [2.75, 3.05) is 0 Å². The number of ether oxygens (including phenoxy) is 1. The minimum Gasteiger partial charge on any atom is -0.444 e. The summed E-state index contributed by atoms with van der Waals surface area (Å²) in [5.74, 6) is 9.13. The number of carbonyl (C=O) groups excluding carboxylic acids is 1. The molecule has 0 aliphatic carbocycles. The molecule has 122 valence electrons. The highest BCUT2D eigenvalue weighted by Crippen LogP contribution is 2.07. The van der Waals surface area contributed by atoms with Crippen molar-refractivity contribution in [2.45, 2.75) is 52.1 Å². The van der Waals surface area contributed by atoms with Crippen LogP contribution in [0.25, 0.3) is 0 Å². The van der Waals surface area contributed by atoms with Gasteiger partial charge in [0.05, 0.1) is 0 Å². The molecule has 1 N–H and O–H groups in total. The predicted octanol–water partition coefficient (Wildman–Crippen LogP) is 3.81. The van der Waals surface area contributed by atoms with E-state index in [0.717, 1.165) is 5.56 Å². The van der Waals surface area contributed by atoms with Crippen molar-refractivity contribution in [1.82, 2.24) is 5.32 Å². The molecule has 0 radical (unpaired) electrons. The van der Waals surface area contributed by atoms with Gasteiger partial charge in [-0.15, -0.1) is 5.54 Å². The van der Waals surface area contributed by atoms with Crippen molar-refractivity contribution in [2.24, 2.45) is 0 Å². The second-order valence-electron chi connectivity index (χ2n) is 7.23. The highest BCUT2D eigenvalue weighted by atomic mass is 28.3. The third kappa shape index (κ3) is 9.45. The number of alkyl carbamates (subject to hydrolysis) is 1. The lowest BCUT2D eigenvalue weighted by molar-refractivity contribution is 0.0525. The Hall–Kier alpha value is -2.17. The van der Waals surface area contributed by atoms with Crippen molar-refractivity contribution in [3.05, 3.63) is 35.9 Å². The Morgan fingerprint density at radius 1 is 1.13 bits per heavy atom. The van der Waals surface area contributed by atoms with Gasteiger partial charge in [-0.1, -0.05) is 55.6 Å². The Labute approximate surface area is 140 Å². The van der Waals surface area contributed by atoms with Crippen LogP contribution < -0.4 is 5.32 Å². The SMILES string of the molecule is CC(C)(C)OC(=O)NC(C#Cc1ccccc1)C#C[Si](C)(C)C. The van der Waals surface area contributed by atoms with Gasteiger partial charge in [0.2, 0.25) is 0 Å². The first-order valence-corrected chi connectivity index (χ1v) is 11.1. The Balaban J connectivity index is 2.92. The summed E-state index contributed by atoms with van der Waals surface area (Å²) >= 11 is 0. The van der Waals surface area contributed by atoms with Crippen LogP contribution in [0.1, 0.15) is 26.3 Å². The number of rotatable bonds is 1. The molecule has 0 heterocycles. The first-order chi connectivity index (χ1) is 10.6. The zero-order chi connectivity index (χ0) is 17.5. The van der Waals surface area contributed by atoms with E-state index in [0.29, 0.717) is 0 Å². The summed E-state index contributed by atoms with van der Waals surface area (Å²) in [6, 6.07) is 9.08. The van der Waals surface area contributed by atoms with Gasteiger partial charge in [-0.3, -0.25) is 5.32 Å². The van der Waals surface area contributed by atoms with Gasteiger partial charge in [0.1, 0.15) is 13.7 Å². The summed E-state index contributed by atoms with van der Waals surface area (Å²) in [5.41, 5.74) is 3.58. The second-order valence-corrected chi connectivity index (χ2v) is 12.0. The largest absolute Gasteiger partial charge is 0.444 e. The average molecular weight is 328 g/mol. The van der Waals surface area contributed by atoms with Crippen LogP contribution in [0, 0.1) is 23.3 Å². The summed E-state index contributed by atoms with van der Waals surface area (Å²) < 4.78 is 5.28. The number of carbonyl (C=O) groups is 1. The fraction of sp³-hybridized carbons (Fsp3) is 0.421. The lowest BCUT2D eigenvalue weighted by atomic mass is 10.2. The molecular weight excluding hydrogens is 302 g/mol. The Morgan fingerprint density at radius 2 is 1.74 bits per heavy atom. The van der Waals surface area contributed by atoms with Gasteiger partial charge in [-0.2, -0.15) is 0 Å². The summed E-state index contributed by atoms with van der Waals surface area (Å²) in [7, 11) is -1.55. The monoisotopic (exact) mass is 327 g/mol. The third-order valence-electron chi connectivity index (χ3n) is 2.39.